The van der Waals surface area contributed by atoms with Crippen LogP contribution in [-0.4, -0.2) is 58.0 Å². The molecule has 0 fully saturated rings. The first-order valence-electron chi connectivity index (χ1n) is 14.1. The SMILES string of the molecule is CCC(C)NC(=O)C(CC)N(Cc1ccc(Cl)cc1)C(=O)CN(c1cc(OC)ccc1OC)S(=O)(=O)c1ccc(C)cc1. The third-order valence-corrected chi connectivity index (χ3v) is 9.22. The largest absolute Gasteiger partial charge is 0.497 e. The average Bonchev–Trinajstić information content (AvgIpc) is 3.00. The lowest BCUT2D eigenvalue weighted by atomic mass is 10.1. The molecule has 0 heterocycles. The van der Waals surface area contributed by atoms with Crippen molar-refractivity contribution in [2.75, 3.05) is 25.1 Å². The van der Waals surface area contributed by atoms with Gasteiger partial charge in [-0.15, -0.1) is 0 Å². The highest BCUT2D eigenvalue weighted by atomic mass is 35.5. The maximum atomic E-state index is 14.3. The van der Waals surface area contributed by atoms with Gasteiger partial charge in [-0.2, -0.15) is 0 Å². The van der Waals surface area contributed by atoms with Crippen LogP contribution in [0.4, 0.5) is 5.69 Å². The smallest absolute Gasteiger partial charge is 0.264 e. The minimum Gasteiger partial charge on any atom is -0.497 e. The monoisotopic (exact) mass is 629 g/mol. The lowest BCUT2D eigenvalue weighted by Crippen LogP contribution is -2.53. The molecule has 232 valence electrons. The Kier molecular flexibility index (Phi) is 11.9. The summed E-state index contributed by atoms with van der Waals surface area (Å²) < 4.78 is 40.3. The van der Waals surface area contributed by atoms with Gasteiger partial charge in [0.15, 0.2) is 0 Å². The molecule has 2 atom stereocenters. The van der Waals surface area contributed by atoms with Crippen molar-refractivity contribution in [1.82, 2.24) is 10.2 Å². The lowest BCUT2D eigenvalue weighted by Gasteiger charge is -2.34. The number of carbonyl (C=O) groups is 2. The Balaban J connectivity index is 2.14. The van der Waals surface area contributed by atoms with E-state index in [9.17, 15) is 18.0 Å². The number of rotatable bonds is 14. The van der Waals surface area contributed by atoms with Crippen LogP contribution in [0.1, 0.15) is 44.7 Å². The summed E-state index contributed by atoms with van der Waals surface area (Å²) in [6.45, 7) is 6.98. The van der Waals surface area contributed by atoms with Crippen LogP contribution in [0.3, 0.4) is 0 Å². The lowest BCUT2D eigenvalue weighted by molar-refractivity contribution is -0.140. The zero-order chi connectivity index (χ0) is 31.7. The molecule has 2 amide bonds. The van der Waals surface area contributed by atoms with Gasteiger partial charge in [0.05, 0.1) is 24.8 Å². The van der Waals surface area contributed by atoms with Crippen molar-refractivity contribution in [3.8, 4) is 11.5 Å². The number of ether oxygens (including phenoxy) is 2. The summed E-state index contributed by atoms with van der Waals surface area (Å²) in [4.78, 5) is 29.1. The first-order chi connectivity index (χ1) is 20.4. The Morgan fingerprint density at radius 1 is 0.930 bits per heavy atom. The molecule has 0 aliphatic carbocycles. The fourth-order valence-electron chi connectivity index (χ4n) is 4.49. The Bertz CT molecular complexity index is 1500. The quantitative estimate of drug-likeness (QED) is 0.250. The molecule has 0 aliphatic heterocycles. The van der Waals surface area contributed by atoms with Crippen LogP contribution in [-0.2, 0) is 26.2 Å². The second-order valence-electron chi connectivity index (χ2n) is 10.3. The van der Waals surface area contributed by atoms with Gasteiger partial charge in [-0.25, -0.2) is 8.42 Å². The third kappa shape index (κ3) is 8.42. The maximum Gasteiger partial charge on any atom is 0.264 e. The molecule has 11 heteroatoms. The van der Waals surface area contributed by atoms with Gasteiger partial charge in [0.2, 0.25) is 11.8 Å². The average molecular weight is 630 g/mol. The molecule has 0 bridgehead atoms. The molecule has 1 N–H and O–H groups in total. The summed E-state index contributed by atoms with van der Waals surface area (Å²) in [5.41, 5.74) is 1.74. The number of nitrogens with one attached hydrogen (secondary N) is 1. The summed E-state index contributed by atoms with van der Waals surface area (Å²) in [6.07, 6.45) is 1.03. The molecule has 43 heavy (non-hydrogen) atoms. The van der Waals surface area contributed by atoms with E-state index in [4.69, 9.17) is 21.1 Å². The number of methoxy groups -OCH3 is 2. The first kappa shape index (κ1) is 33.7. The number of anilines is 1. The number of hydrogen-bond donors (Lipinski definition) is 1. The van der Waals surface area contributed by atoms with Crippen molar-refractivity contribution >= 4 is 39.1 Å². The van der Waals surface area contributed by atoms with E-state index in [1.165, 1.54) is 37.3 Å². The first-order valence-corrected chi connectivity index (χ1v) is 15.9. The van der Waals surface area contributed by atoms with Crippen LogP contribution in [0.15, 0.2) is 71.6 Å². The summed E-state index contributed by atoms with van der Waals surface area (Å²) in [7, 11) is -1.40. The number of carbonyl (C=O) groups excluding carboxylic acids is 2. The number of aryl methyl sites for hydroxylation is 1. The van der Waals surface area contributed by atoms with Gasteiger partial charge in [0.1, 0.15) is 24.1 Å². The summed E-state index contributed by atoms with van der Waals surface area (Å²) >= 11 is 6.09. The normalized spacial score (nSPS) is 12.6. The fourth-order valence-corrected chi connectivity index (χ4v) is 6.03. The minimum absolute atomic E-state index is 0.00146. The molecule has 3 rings (SSSR count). The van der Waals surface area contributed by atoms with Gasteiger partial charge >= 0.3 is 0 Å². The highest BCUT2D eigenvalue weighted by Gasteiger charge is 2.35. The zero-order valence-electron chi connectivity index (χ0n) is 25.5. The van der Waals surface area contributed by atoms with Crippen molar-refractivity contribution in [2.24, 2.45) is 0 Å². The van der Waals surface area contributed by atoms with E-state index in [1.54, 1.807) is 48.5 Å². The van der Waals surface area contributed by atoms with Crippen LogP contribution in [0, 0.1) is 6.92 Å². The van der Waals surface area contributed by atoms with E-state index >= 15 is 0 Å². The molecular formula is C32H40ClN3O6S. The highest BCUT2D eigenvalue weighted by molar-refractivity contribution is 7.92. The van der Waals surface area contributed by atoms with E-state index in [2.05, 4.69) is 5.32 Å². The van der Waals surface area contributed by atoms with Crippen LogP contribution < -0.4 is 19.1 Å². The van der Waals surface area contributed by atoms with E-state index in [-0.39, 0.29) is 34.8 Å². The molecule has 3 aromatic rings. The molecule has 0 aromatic heterocycles. The van der Waals surface area contributed by atoms with Crippen molar-refractivity contribution in [3.63, 3.8) is 0 Å². The number of halogens is 1. The second-order valence-corrected chi connectivity index (χ2v) is 12.6. The predicted octanol–water partition coefficient (Wildman–Crippen LogP) is 5.58. The third-order valence-electron chi connectivity index (χ3n) is 7.20. The summed E-state index contributed by atoms with van der Waals surface area (Å²) in [5.74, 6) is -0.271. The zero-order valence-corrected chi connectivity index (χ0v) is 27.0. The van der Waals surface area contributed by atoms with Crippen LogP contribution in [0.5, 0.6) is 11.5 Å². The van der Waals surface area contributed by atoms with Gasteiger partial charge in [-0.3, -0.25) is 13.9 Å². The molecule has 0 saturated carbocycles. The molecule has 0 saturated heterocycles. The molecule has 0 aliphatic rings. The van der Waals surface area contributed by atoms with Gasteiger partial charge in [-0.1, -0.05) is 55.3 Å². The summed E-state index contributed by atoms with van der Waals surface area (Å²) in [6, 6.07) is 17.1. The Morgan fingerprint density at radius 2 is 1.58 bits per heavy atom. The van der Waals surface area contributed by atoms with Gasteiger partial charge < -0.3 is 19.7 Å². The van der Waals surface area contributed by atoms with E-state index in [0.29, 0.717) is 23.6 Å². The molecule has 0 spiro atoms. The van der Waals surface area contributed by atoms with Crippen molar-refractivity contribution in [2.45, 2.75) is 64.1 Å². The van der Waals surface area contributed by atoms with E-state index < -0.39 is 28.5 Å². The fraction of sp³-hybridized carbons (Fsp3) is 0.375. The number of amides is 2. The molecule has 3 aromatic carbocycles. The Labute approximate surface area is 259 Å². The maximum absolute atomic E-state index is 14.3. The molecular weight excluding hydrogens is 590 g/mol. The van der Waals surface area contributed by atoms with E-state index in [1.807, 2.05) is 27.7 Å². The van der Waals surface area contributed by atoms with Crippen molar-refractivity contribution < 1.29 is 27.5 Å². The number of benzene rings is 3. The minimum atomic E-state index is -4.28. The standard InChI is InChI=1S/C32H40ClN3O6S/c1-7-23(4)34-32(38)28(8-2)35(20-24-11-13-25(33)14-12-24)31(37)21-36(29-19-26(41-5)15-18-30(29)42-6)43(39,40)27-16-9-22(3)10-17-27/h9-19,23,28H,7-8,20-21H2,1-6H3,(H,34,38). The van der Waals surface area contributed by atoms with Crippen molar-refractivity contribution in [3.05, 3.63) is 82.9 Å². The number of nitrogens with zero attached hydrogens (tertiary/aromatic N) is 2. The summed E-state index contributed by atoms with van der Waals surface area (Å²) in [5, 5.41) is 3.50. The van der Waals surface area contributed by atoms with Crippen LogP contribution >= 0.6 is 11.6 Å². The van der Waals surface area contributed by atoms with Gasteiger partial charge in [-0.05, 0) is 68.7 Å². The topological polar surface area (TPSA) is 105 Å². The Morgan fingerprint density at radius 3 is 2.14 bits per heavy atom. The Hall–Kier alpha value is -3.76. The van der Waals surface area contributed by atoms with Gasteiger partial charge in [0.25, 0.3) is 10.0 Å². The molecule has 2 unspecified atom stereocenters. The number of sulfonamides is 1. The number of hydrogen-bond acceptors (Lipinski definition) is 6. The highest BCUT2D eigenvalue weighted by Crippen LogP contribution is 2.36. The van der Waals surface area contributed by atoms with Gasteiger partial charge in [0, 0.05) is 23.7 Å². The van der Waals surface area contributed by atoms with E-state index in [0.717, 1.165) is 15.4 Å². The molecule has 0 radical (unpaired) electrons. The molecule has 9 nitrogen and oxygen atoms in total. The van der Waals surface area contributed by atoms with Crippen molar-refractivity contribution in [1.29, 1.82) is 0 Å². The second kappa shape index (κ2) is 15.1. The van der Waals surface area contributed by atoms with Crippen LogP contribution in [0.25, 0.3) is 0 Å². The predicted molar refractivity (Wildman–Crippen MR) is 169 cm³/mol. The van der Waals surface area contributed by atoms with Crippen LogP contribution in [0.2, 0.25) is 5.02 Å².